The average Bonchev–Trinajstić information content (AvgIpc) is 2.89. The molecule has 1 aromatic heterocycles. The Morgan fingerprint density at radius 3 is 2.45 bits per heavy atom. The molecular weight excluding hydrogens is 490 g/mol. The van der Waals surface area contributed by atoms with Crippen LogP contribution in [0.25, 0.3) is 0 Å². The van der Waals surface area contributed by atoms with E-state index < -0.39 is 0 Å². The monoisotopic (exact) mass is 523 g/mol. The number of carbonyl (C=O) groups excluding carboxylic acids is 2. The number of amides is 1. The Morgan fingerprint density at radius 1 is 0.974 bits per heavy atom. The van der Waals surface area contributed by atoms with E-state index in [1.165, 1.54) is 6.92 Å². The van der Waals surface area contributed by atoms with Crippen LogP contribution in [0.15, 0.2) is 48.5 Å². The molecule has 0 unspecified atom stereocenters. The van der Waals surface area contributed by atoms with Gasteiger partial charge in [0.05, 0.1) is 25.5 Å². The Bertz CT molecular complexity index is 1220. The minimum atomic E-state index is -0.386. The lowest BCUT2D eigenvalue weighted by Gasteiger charge is -2.14. The highest BCUT2D eigenvalue weighted by molar-refractivity contribution is 5.75. The van der Waals surface area contributed by atoms with Crippen molar-refractivity contribution in [2.75, 3.05) is 24.7 Å². The highest BCUT2D eigenvalue weighted by Crippen LogP contribution is 2.25. The summed E-state index contributed by atoms with van der Waals surface area (Å²) >= 11 is 0. The number of esters is 1. The van der Waals surface area contributed by atoms with Crippen LogP contribution in [0.3, 0.4) is 0 Å². The molecular formula is C27H33N5O6. The van der Waals surface area contributed by atoms with Gasteiger partial charge < -0.3 is 25.7 Å². The highest BCUT2D eigenvalue weighted by atomic mass is 16.6. The van der Waals surface area contributed by atoms with Crippen LogP contribution >= 0.6 is 0 Å². The van der Waals surface area contributed by atoms with Crippen molar-refractivity contribution < 1.29 is 28.6 Å². The van der Waals surface area contributed by atoms with Crippen molar-refractivity contribution in [1.82, 2.24) is 15.4 Å². The van der Waals surface area contributed by atoms with Crippen molar-refractivity contribution in [3.05, 3.63) is 65.4 Å². The van der Waals surface area contributed by atoms with E-state index in [9.17, 15) is 9.59 Å². The maximum Gasteiger partial charge on any atom is 0.308 e. The third-order valence-corrected chi connectivity index (χ3v) is 5.31. The molecule has 0 aliphatic carbocycles. The van der Waals surface area contributed by atoms with Crippen molar-refractivity contribution >= 4 is 23.6 Å². The number of aryl methyl sites for hydroxylation is 2. The maximum atomic E-state index is 12.2. The summed E-state index contributed by atoms with van der Waals surface area (Å²) in [6, 6.07) is 14.4. The number of hydrogen-bond donors (Lipinski definition) is 3. The number of hydroxylamine groups is 1. The summed E-state index contributed by atoms with van der Waals surface area (Å²) in [5.74, 6) is 1.32. The number of benzene rings is 2. The zero-order valence-corrected chi connectivity index (χ0v) is 21.6. The molecule has 0 atom stereocenters. The number of nitrogens with zero attached hydrogens (tertiary/aromatic N) is 2. The van der Waals surface area contributed by atoms with Gasteiger partial charge in [0.25, 0.3) is 0 Å². The van der Waals surface area contributed by atoms with E-state index >= 15 is 0 Å². The van der Waals surface area contributed by atoms with Crippen LogP contribution in [0, 0.1) is 0 Å². The van der Waals surface area contributed by atoms with E-state index in [2.05, 4.69) is 15.4 Å². The van der Waals surface area contributed by atoms with Crippen LogP contribution in [-0.2, 0) is 33.9 Å². The molecule has 0 bridgehead atoms. The second-order valence-electron chi connectivity index (χ2n) is 8.31. The maximum absolute atomic E-state index is 12.2. The third kappa shape index (κ3) is 8.93. The lowest BCUT2D eigenvalue weighted by molar-refractivity contribution is -0.134. The number of hydrogen-bond acceptors (Lipinski definition) is 10. The van der Waals surface area contributed by atoms with Crippen LogP contribution in [0.2, 0.25) is 0 Å². The van der Waals surface area contributed by atoms with E-state index in [-0.39, 0.29) is 36.7 Å². The number of para-hydroxylation sites is 1. The minimum absolute atomic E-state index is 0.124. The molecule has 2 aromatic carbocycles. The number of carbonyl (C=O) groups is 2. The molecule has 0 fully saturated rings. The fourth-order valence-corrected chi connectivity index (χ4v) is 3.52. The van der Waals surface area contributed by atoms with Gasteiger partial charge >= 0.3 is 5.97 Å². The predicted molar refractivity (Wildman–Crippen MR) is 141 cm³/mol. The fourth-order valence-electron chi connectivity index (χ4n) is 3.52. The first kappa shape index (κ1) is 28.2. The summed E-state index contributed by atoms with van der Waals surface area (Å²) in [7, 11) is 0. The Hall–Kier alpha value is -4.38. The Kier molecular flexibility index (Phi) is 10.7. The van der Waals surface area contributed by atoms with Crippen LogP contribution in [0.5, 0.6) is 17.2 Å². The number of nitrogens with one attached hydrogen (secondary N) is 1. The third-order valence-electron chi connectivity index (χ3n) is 5.31. The second kappa shape index (κ2) is 14.4. The van der Waals surface area contributed by atoms with Crippen LogP contribution in [0.4, 0.5) is 11.8 Å². The lowest BCUT2D eigenvalue weighted by atomic mass is 10.1. The molecule has 3 rings (SSSR count). The van der Waals surface area contributed by atoms with Gasteiger partial charge in [-0.25, -0.2) is 10.5 Å². The van der Waals surface area contributed by atoms with E-state index in [1.54, 1.807) is 24.3 Å². The molecule has 1 amide bonds. The van der Waals surface area contributed by atoms with Gasteiger partial charge in [0.15, 0.2) is 11.6 Å². The van der Waals surface area contributed by atoms with Gasteiger partial charge in [-0.3, -0.25) is 14.4 Å². The van der Waals surface area contributed by atoms with E-state index in [4.69, 9.17) is 30.5 Å². The Balaban J connectivity index is 1.38. The molecule has 0 aliphatic heterocycles. The zero-order chi connectivity index (χ0) is 27.3. The van der Waals surface area contributed by atoms with Crippen LogP contribution in [0.1, 0.15) is 43.5 Å². The normalized spacial score (nSPS) is 10.6. The summed E-state index contributed by atoms with van der Waals surface area (Å²) in [6.07, 6.45) is 1.94. The quantitative estimate of drug-likeness (QED) is 0.124. The highest BCUT2D eigenvalue weighted by Gasteiger charge is 2.12. The molecule has 38 heavy (non-hydrogen) atoms. The number of anilines is 2. The zero-order valence-electron chi connectivity index (χ0n) is 21.6. The van der Waals surface area contributed by atoms with Gasteiger partial charge in [-0.2, -0.15) is 4.98 Å². The Labute approximate surface area is 221 Å². The smallest absolute Gasteiger partial charge is 0.308 e. The number of aromatic nitrogens is 2. The van der Waals surface area contributed by atoms with Crippen molar-refractivity contribution in [3.8, 4) is 17.2 Å². The number of nitrogen functional groups attached to an aromatic ring is 2. The molecule has 0 spiro atoms. The van der Waals surface area contributed by atoms with Gasteiger partial charge in [0, 0.05) is 19.8 Å². The molecule has 11 heteroatoms. The Morgan fingerprint density at radius 2 is 1.71 bits per heavy atom. The SMILES string of the molecule is CCc1nc(N)nc(N)c1OCCCOc1ccccc1CCC(=O)NOCc1ccc(OC(C)=O)cc1. The molecule has 0 saturated carbocycles. The average molecular weight is 524 g/mol. The van der Waals surface area contributed by atoms with E-state index in [0.717, 1.165) is 11.1 Å². The van der Waals surface area contributed by atoms with Gasteiger partial charge in [-0.05, 0) is 42.2 Å². The van der Waals surface area contributed by atoms with Gasteiger partial charge in [0.1, 0.15) is 11.5 Å². The number of rotatable bonds is 14. The minimum Gasteiger partial charge on any atom is -0.493 e. The fraction of sp³-hybridized carbons (Fsp3) is 0.333. The second-order valence-corrected chi connectivity index (χ2v) is 8.31. The molecule has 1 heterocycles. The largest absolute Gasteiger partial charge is 0.493 e. The van der Waals surface area contributed by atoms with Gasteiger partial charge in [-0.15, -0.1) is 0 Å². The summed E-state index contributed by atoms with van der Waals surface area (Å²) in [6.45, 7) is 4.25. The number of nitrogens with two attached hydrogens (primary N) is 2. The van der Waals surface area contributed by atoms with Crippen molar-refractivity contribution in [3.63, 3.8) is 0 Å². The first-order valence-electron chi connectivity index (χ1n) is 12.3. The molecule has 0 radical (unpaired) electrons. The predicted octanol–water partition coefficient (Wildman–Crippen LogP) is 3.16. The summed E-state index contributed by atoms with van der Waals surface area (Å²) < 4.78 is 16.7. The lowest BCUT2D eigenvalue weighted by Crippen LogP contribution is -2.23. The molecule has 3 aromatic rings. The number of ether oxygens (including phenoxy) is 3. The van der Waals surface area contributed by atoms with E-state index in [1.807, 2.05) is 31.2 Å². The topological polar surface area (TPSA) is 161 Å². The van der Waals surface area contributed by atoms with Crippen molar-refractivity contribution in [2.24, 2.45) is 0 Å². The standard InChI is InChI=1S/C27H33N5O6/c1-3-22-25(26(28)31-27(29)30-22)36-16-6-15-35-23-8-5-4-7-20(23)11-14-24(34)32-37-17-19-9-12-21(13-10-19)38-18(2)33/h4-5,7-10,12-13H,3,6,11,14-17H2,1-2H3,(H,32,34)(H4,28,29,30,31). The van der Waals surface area contributed by atoms with Gasteiger partial charge in [-0.1, -0.05) is 37.3 Å². The van der Waals surface area contributed by atoms with Gasteiger partial charge in [0.2, 0.25) is 11.9 Å². The van der Waals surface area contributed by atoms with Crippen LogP contribution < -0.4 is 31.2 Å². The molecule has 202 valence electrons. The molecule has 0 aliphatic rings. The molecule has 5 N–H and O–H groups in total. The summed E-state index contributed by atoms with van der Waals surface area (Å²) in [5.41, 5.74) is 16.4. The molecule has 11 nitrogen and oxygen atoms in total. The van der Waals surface area contributed by atoms with E-state index in [0.29, 0.717) is 55.4 Å². The first-order valence-corrected chi connectivity index (χ1v) is 12.3. The van der Waals surface area contributed by atoms with Crippen LogP contribution in [-0.4, -0.2) is 35.1 Å². The van der Waals surface area contributed by atoms with Crippen molar-refractivity contribution in [2.45, 2.75) is 46.1 Å². The summed E-state index contributed by atoms with van der Waals surface area (Å²) in [5, 5.41) is 0. The van der Waals surface area contributed by atoms with Crippen molar-refractivity contribution in [1.29, 1.82) is 0 Å². The first-order chi connectivity index (χ1) is 18.4. The molecule has 0 saturated heterocycles. The summed E-state index contributed by atoms with van der Waals surface area (Å²) in [4.78, 5) is 36.6.